The topological polar surface area (TPSA) is 50.4 Å². The van der Waals surface area contributed by atoms with Gasteiger partial charge in [0.15, 0.2) is 0 Å². The van der Waals surface area contributed by atoms with Gasteiger partial charge in [-0.3, -0.25) is 4.79 Å². The molecule has 0 aliphatic rings. The van der Waals surface area contributed by atoms with Crippen molar-refractivity contribution in [2.24, 2.45) is 0 Å². The van der Waals surface area contributed by atoms with Crippen molar-refractivity contribution in [3.05, 3.63) is 29.3 Å². The summed E-state index contributed by atoms with van der Waals surface area (Å²) in [6, 6.07) is 5.74. The van der Waals surface area contributed by atoms with E-state index in [2.05, 4.69) is 17.6 Å². The SMILES string of the molecule is CCCCOCCCNC(=O)c1ccc(NC)cc1C. The van der Waals surface area contributed by atoms with E-state index in [1.54, 1.807) is 0 Å². The van der Waals surface area contributed by atoms with Crippen molar-refractivity contribution in [2.75, 3.05) is 32.1 Å². The van der Waals surface area contributed by atoms with E-state index in [-0.39, 0.29) is 5.91 Å². The molecule has 0 fully saturated rings. The highest BCUT2D eigenvalue weighted by atomic mass is 16.5. The Morgan fingerprint density at radius 3 is 2.65 bits per heavy atom. The number of aryl methyl sites for hydroxylation is 1. The van der Waals surface area contributed by atoms with Crippen molar-refractivity contribution in [1.82, 2.24) is 5.32 Å². The van der Waals surface area contributed by atoms with Crippen LogP contribution in [-0.4, -0.2) is 32.7 Å². The Balaban J connectivity index is 2.29. The van der Waals surface area contributed by atoms with E-state index in [0.29, 0.717) is 13.2 Å². The molecule has 0 saturated carbocycles. The van der Waals surface area contributed by atoms with Gasteiger partial charge < -0.3 is 15.4 Å². The smallest absolute Gasteiger partial charge is 0.251 e. The van der Waals surface area contributed by atoms with Crippen molar-refractivity contribution in [3.63, 3.8) is 0 Å². The third-order valence-corrected chi connectivity index (χ3v) is 3.15. The molecule has 4 nitrogen and oxygen atoms in total. The van der Waals surface area contributed by atoms with Gasteiger partial charge in [-0.1, -0.05) is 13.3 Å². The van der Waals surface area contributed by atoms with Crippen molar-refractivity contribution in [1.29, 1.82) is 0 Å². The van der Waals surface area contributed by atoms with Crippen LogP contribution in [0.3, 0.4) is 0 Å². The van der Waals surface area contributed by atoms with Gasteiger partial charge in [0.05, 0.1) is 0 Å². The lowest BCUT2D eigenvalue weighted by atomic mass is 10.1. The molecule has 0 atom stereocenters. The molecule has 1 aromatic carbocycles. The summed E-state index contributed by atoms with van der Waals surface area (Å²) < 4.78 is 5.46. The third-order valence-electron chi connectivity index (χ3n) is 3.15. The summed E-state index contributed by atoms with van der Waals surface area (Å²) in [4.78, 5) is 12.0. The van der Waals surface area contributed by atoms with Gasteiger partial charge in [0, 0.05) is 38.1 Å². The van der Waals surface area contributed by atoms with Gasteiger partial charge in [0.25, 0.3) is 5.91 Å². The standard InChI is InChI=1S/C16H26N2O2/c1-4-5-10-20-11-6-9-18-16(19)15-8-7-14(17-3)12-13(15)2/h7-8,12,17H,4-6,9-11H2,1-3H3,(H,18,19). The molecule has 0 radical (unpaired) electrons. The summed E-state index contributed by atoms with van der Waals surface area (Å²) in [5.74, 6) is -0.0151. The van der Waals surface area contributed by atoms with Crippen LogP contribution in [0.15, 0.2) is 18.2 Å². The number of rotatable bonds is 9. The van der Waals surface area contributed by atoms with Crippen LogP contribution in [0.5, 0.6) is 0 Å². The quantitative estimate of drug-likeness (QED) is 0.683. The minimum Gasteiger partial charge on any atom is -0.388 e. The number of benzene rings is 1. The number of ether oxygens (including phenoxy) is 1. The predicted molar refractivity (Wildman–Crippen MR) is 83.4 cm³/mol. The zero-order chi connectivity index (χ0) is 14.8. The monoisotopic (exact) mass is 278 g/mol. The van der Waals surface area contributed by atoms with E-state index >= 15 is 0 Å². The first-order valence-corrected chi connectivity index (χ1v) is 7.33. The van der Waals surface area contributed by atoms with E-state index in [9.17, 15) is 4.79 Å². The fraction of sp³-hybridized carbons (Fsp3) is 0.562. The molecule has 0 spiro atoms. The minimum atomic E-state index is -0.0151. The number of unbranched alkanes of at least 4 members (excludes halogenated alkanes) is 1. The zero-order valence-electron chi connectivity index (χ0n) is 12.8. The van der Waals surface area contributed by atoms with Gasteiger partial charge in [0.2, 0.25) is 0 Å². The number of nitrogens with one attached hydrogen (secondary N) is 2. The number of hydrogen-bond acceptors (Lipinski definition) is 3. The van der Waals surface area contributed by atoms with Crippen LogP contribution < -0.4 is 10.6 Å². The van der Waals surface area contributed by atoms with Gasteiger partial charge in [-0.15, -0.1) is 0 Å². The molecule has 4 heteroatoms. The summed E-state index contributed by atoms with van der Waals surface area (Å²) in [6.45, 7) is 6.26. The Morgan fingerprint density at radius 2 is 2.00 bits per heavy atom. The van der Waals surface area contributed by atoms with E-state index in [1.165, 1.54) is 0 Å². The first-order valence-electron chi connectivity index (χ1n) is 7.33. The van der Waals surface area contributed by atoms with Crippen LogP contribution >= 0.6 is 0 Å². The summed E-state index contributed by atoms with van der Waals surface area (Å²) in [5, 5.41) is 5.99. The number of amides is 1. The van der Waals surface area contributed by atoms with Gasteiger partial charge in [-0.25, -0.2) is 0 Å². The summed E-state index contributed by atoms with van der Waals surface area (Å²) in [7, 11) is 1.87. The minimum absolute atomic E-state index is 0.0151. The normalized spacial score (nSPS) is 10.3. The fourth-order valence-corrected chi connectivity index (χ4v) is 1.89. The average Bonchev–Trinajstić information content (AvgIpc) is 2.45. The van der Waals surface area contributed by atoms with Crippen molar-refractivity contribution >= 4 is 11.6 Å². The fourth-order valence-electron chi connectivity index (χ4n) is 1.89. The molecular weight excluding hydrogens is 252 g/mol. The van der Waals surface area contributed by atoms with Crippen molar-refractivity contribution in [3.8, 4) is 0 Å². The molecule has 1 amide bonds. The van der Waals surface area contributed by atoms with Crippen molar-refractivity contribution in [2.45, 2.75) is 33.1 Å². The highest BCUT2D eigenvalue weighted by Gasteiger charge is 2.08. The molecule has 0 aliphatic carbocycles. The number of hydrogen-bond donors (Lipinski definition) is 2. The zero-order valence-corrected chi connectivity index (χ0v) is 12.8. The molecule has 0 aromatic heterocycles. The Morgan fingerprint density at radius 1 is 1.25 bits per heavy atom. The van der Waals surface area contributed by atoms with Crippen LogP contribution in [0, 0.1) is 6.92 Å². The maximum atomic E-state index is 12.0. The number of carbonyl (C=O) groups excluding carboxylic acids is 1. The molecule has 1 aromatic rings. The van der Waals surface area contributed by atoms with E-state index in [1.807, 2.05) is 32.2 Å². The molecule has 0 saturated heterocycles. The maximum absolute atomic E-state index is 12.0. The first kappa shape index (κ1) is 16.5. The Kier molecular flexibility index (Phi) is 7.73. The Hall–Kier alpha value is -1.55. The molecular formula is C16H26N2O2. The molecule has 0 bridgehead atoms. The third kappa shape index (κ3) is 5.61. The molecule has 0 aliphatic heterocycles. The van der Waals surface area contributed by atoms with Gasteiger partial charge in [-0.05, 0) is 43.5 Å². The van der Waals surface area contributed by atoms with Crippen molar-refractivity contribution < 1.29 is 9.53 Å². The van der Waals surface area contributed by atoms with Gasteiger partial charge in [-0.2, -0.15) is 0 Å². The molecule has 1 rings (SSSR count). The lowest BCUT2D eigenvalue weighted by molar-refractivity contribution is 0.0940. The van der Waals surface area contributed by atoms with Gasteiger partial charge in [0.1, 0.15) is 0 Å². The van der Waals surface area contributed by atoms with Crippen LogP contribution in [0.2, 0.25) is 0 Å². The average molecular weight is 278 g/mol. The highest BCUT2D eigenvalue weighted by Crippen LogP contribution is 2.14. The van der Waals surface area contributed by atoms with E-state index in [4.69, 9.17) is 4.74 Å². The predicted octanol–water partition coefficient (Wildman–Crippen LogP) is 2.97. The van der Waals surface area contributed by atoms with E-state index in [0.717, 1.165) is 42.7 Å². The first-order chi connectivity index (χ1) is 9.69. The summed E-state index contributed by atoms with van der Waals surface area (Å²) in [5.41, 5.74) is 2.73. The molecule has 112 valence electrons. The Labute approximate surface area is 121 Å². The number of anilines is 1. The second kappa shape index (κ2) is 9.37. The highest BCUT2D eigenvalue weighted by molar-refractivity contribution is 5.96. The van der Waals surface area contributed by atoms with Crippen LogP contribution in [0.1, 0.15) is 42.1 Å². The molecule has 0 heterocycles. The lowest BCUT2D eigenvalue weighted by Gasteiger charge is -2.09. The second-order valence-electron chi connectivity index (χ2n) is 4.86. The number of carbonyl (C=O) groups is 1. The second-order valence-corrected chi connectivity index (χ2v) is 4.86. The van der Waals surface area contributed by atoms with Gasteiger partial charge >= 0.3 is 0 Å². The summed E-state index contributed by atoms with van der Waals surface area (Å²) >= 11 is 0. The molecule has 0 unspecified atom stereocenters. The van der Waals surface area contributed by atoms with Crippen LogP contribution in [0.25, 0.3) is 0 Å². The molecule has 2 N–H and O–H groups in total. The largest absolute Gasteiger partial charge is 0.388 e. The van der Waals surface area contributed by atoms with Crippen LogP contribution in [0.4, 0.5) is 5.69 Å². The maximum Gasteiger partial charge on any atom is 0.251 e. The Bertz CT molecular complexity index is 419. The molecule has 20 heavy (non-hydrogen) atoms. The van der Waals surface area contributed by atoms with Crippen LogP contribution in [-0.2, 0) is 4.74 Å². The summed E-state index contributed by atoms with van der Waals surface area (Å²) in [6.07, 6.45) is 3.10. The van der Waals surface area contributed by atoms with E-state index < -0.39 is 0 Å². The lowest BCUT2D eigenvalue weighted by Crippen LogP contribution is -2.26.